The third-order valence-electron chi connectivity index (χ3n) is 2.49. The SMILES string of the molecule is C=C(CCCCC)C(C)OC(C)CC#N. The fraction of sp³-hybridized carbons (Fsp3) is 0.769. The summed E-state index contributed by atoms with van der Waals surface area (Å²) in [5.41, 5.74) is 1.15. The first-order chi connectivity index (χ1) is 7.11. The van der Waals surface area contributed by atoms with Gasteiger partial charge in [0.05, 0.1) is 24.7 Å². The highest BCUT2D eigenvalue weighted by atomic mass is 16.5. The summed E-state index contributed by atoms with van der Waals surface area (Å²) >= 11 is 0. The van der Waals surface area contributed by atoms with Gasteiger partial charge in [-0.25, -0.2) is 0 Å². The molecule has 86 valence electrons. The number of ether oxygens (including phenoxy) is 1. The Morgan fingerprint density at radius 2 is 2.07 bits per heavy atom. The maximum atomic E-state index is 8.51. The van der Waals surface area contributed by atoms with E-state index in [1.165, 1.54) is 19.3 Å². The lowest BCUT2D eigenvalue weighted by Crippen LogP contribution is -2.18. The molecule has 0 heterocycles. The molecule has 0 radical (unpaired) electrons. The van der Waals surface area contributed by atoms with Crippen molar-refractivity contribution in [1.29, 1.82) is 5.26 Å². The van der Waals surface area contributed by atoms with Gasteiger partial charge in [0, 0.05) is 0 Å². The lowest BCUT2D eigenvalue weighted by Gasteiger charge is -2.19. The molecule has 0 saturated heterocycles. The molecule has 0 rings (SSSR count). The van der Waals surface area contributed by atoms with Crippen LogP contribution in [-0.2, 0) is 4.74 Å². The van der Waals surface area contributed by atoms with Crippen LogP contribution in [-0.4, -0.2) is 12.2 Å². The van der Waals surface area contributed by atoms with E-state index < -0.39 is 0 Å². The fourth-order valence-corrected chi connectivity index (χ4v) is 1.43. The summed E-state index contributed by atoms with van der Waals surface area (Å²) in [4.78, 5) is 0. The molecule has 0 amide bonds. The number of nitrogens with zero attached hydrogens (tertiary/aromatic N) is 1. The van der Waals surface area contributed by atoms with Gasteiger partial charge in [0.15, 0.2) is 0 Å². The second-order valence-electron chi connectivity index (χ2n) is 4.07. The third-order valence-corrected chi connectivity index (χ3v) is 2.49. The van der Waals surface area contributed by atoms with Crippen molar-refractivity contribution in [2.24, 2.45) is 0 Å². The molecule has 0 aromatic carbocycles. The quantitative estimate of drug-likeness (QED) is 0.449. The van der Waals surface area contributed by atoms with Crippen molar-refractivity contribution in [3.8, 4) is 6.07 Å². The predicted octanol–water partition coefficient (Wildman–Crippen LogP) is 3.83. The minimum absolute atomic E-state index is 0.00734. The Morgan fingerprint density at radius 1 is 1.40 bits per heavy atom. The second kappa shape index (κ2) is 8.49. The minimum Gasteiger partial charge on any atom is -0.370 e. The number of hydrogen-bond donors (Lipinski definition) is 0. The maximum Gasteiger partial charge on any atom is 0.0758 e. The Hall–Kier alpha value is -0.810. The molecule has 0 bridgehead atoms. The molecular formula is C13H23NO. The second-order valence-corrected chi connectivity index (χ2v) is 4.07. The molecule has 0 spiro atoms. The molecular weight excluding hydrogens is 186 g/mol. The van der Waals surface area contributed by atoms with Crippen molar-refractivity contribution in [1.82, 2.24) is 0 Å². The van der Waals surface area contributed by atoms with E-state index in [0.717, 1.165) is 12.0 Å². The maximum absolute atomic E-state index is 8.51. The monoisotopic (exact) mass is 209 g/mol. The van der Waals surface area contributed by atoms with Crippen LogP contribution in [0.15, 0.2) is 12.2 Å². The number of unbranched alkanes of at least 4 members (excludes halogenated alkanes) is 2. The summed E-state index contributed by atoms with van der Waals surface area (Å²) < 4.78 is 5.66. The highest BCUT2D eigenvalue weighted by Gasteiger charge is 2.10. The normalized spacial score (nSPS) is 14.3. The van der Waals surface area contributed by atoms with Gasteiger partial charge in [-0.15, -0.1) is 0 Å². The molecule has 0 aliphatic rings. The van der Waals surface area contributed by atoms with E-state index >= 15 is 0 Å². The summed E-state index contributed by atoms with van der Waals surface area (Å²) in [5, 5.41) is 8.51. The first-order valence-corrected chi connectivity index (χ1v) is 5.81. The molecule has 0 aliphatic carbocycles. The number of hydrogen-bond acceptors (Lipinski definition) is 2. The molecule has 0 aliphatic heterocycles. The zero-order chi connectivity index (χ0) is 11.7. The van der Waals surface area contributed by atoms with Crippen LogP contribution in [0.4, 0.5) is 0 Å². The van der Waals surface area contributed by atoms with Crippen LogP contribution >= 0.6 is 0 Å². The Labute approximate surface area is 93.9 Å². The summed E-state index contributed by atoms with van der Waals surface area (Å²) in [6.07, 6.45) is 5.24. The highest BCUT2D eigenvalue weighted by molar-refractivity contribution is 5.00. The molecule has 15 heavy (non-hydrogen) atoms. The zero-order valence-corrected chi connectivity index (χ0v) is 10.3. The Kier molecular flexibility index (Phi) is 8.04. The van der Waals surface area contributed by atoms with E-state index in [-0.39, 0.29) is 12.2 Å². The van der Waals surface area contributed by atoms with E-state index in [4.69, 9.17) is 10.00 Å². The average Bonchev–Trinajstić information content (AvgIpc) is 2.18. The van der Waals surface area contributed by atoms with E-state index in [1.54, 1.807) is 0 Å². The molecule has 0 N–H and O–H groups in total. The lowest BCUT2D eigenvalue weighted by molar-refractivity contribution is 0.0296. The average molecular weight is 209 g/mol. The zero-order valence-electron chi connectivity index (χ0n) is 10.3. The van der Waals surface area contributed by atoms with E-state index in [0.29, 0.717) is 6.42 Å². The Morgan fingerprint density at radius 3 is 2.60 bits per heavy atom. The van der Waals surface area contributed by atoms with Crippen LogP contribution in [0.25, 0.3) is 0 Å². The van der Waals surface area contributed by atoms with E-state index in [1.807, 2.05) is 13.8 Å². The van der Waals surface area contributed by atoms with Gasteiger partial charge in [-0.3, -0.25) is 0 Å². The lowest BCUT2D eigenvalue weighted by atomic mass is 10.0. The number of rotatable bonds is 8. The van der Waals surface area contributed by atoms with Crippen molar-refractivity contribution in [2.45, 2.75) is 65.1 Å². The van der Waals surface area contributed by atoms with Crippen molar-refractivity contribution < 1.29 is 4.74 Å². The first-order valence-electron chi connectivity index (χ1n) is 5.81. The van der Waals surface area contributed by atoms with Crippen molar-refractivity contribution in [2.75, 3.05) is 0 Å². The summed E-state index contributed by atoms with van der Waals surface area (Å²) in [6.45, 7) is 10.2. The van der Waals surface area contributed by atoms with Crippen LogP contribution in [0.1, 0.15) is 52.9 Å². The molecule has 2 heteroatoms. The van der Waals surface area contributed by atoms with Gasteiger partial charge in [-0.05, 0) is 32.3 Å². The molecule has 0 saturated carbocycles. The van der Waals surface area contributed by atoms with Gasteiger partial charge in [0.25, 0.3) is 0 Å². The van der Waals surface area contributed by atoms with Crippen LogP contribution < -0.4 is 0 Å². The van der Waals surface area contributed by atoms with Gasteiger partial charge in [0.1, 0.15) is 0 Å². The van der Waals surface area contributed by atoms with Crippen molar-refractivity contribution in [3.63, 3.8) is 0 Å². The predicted molar refractivity (Wildman–Crippen MR) is 63.5 cm³/mol. The minimum atomic E-state index is 0.00734. The summed E-state index contributed by atoms with van der Waals surface area (Å²) in [5.74, 6) is 0. The molecule has 2 atom stereocenters. The molecule has 2 unspecified atom stereocenters. The molecule has 0 aromatic heterocycles. The van der Waals surface area contributed by atoms with Gasteiger partial charge in [0.2, 0.25) is 0 Å². The standard InChI is InChI=1S/C13H23NO/c1-5-6-7-8-11(2)13(4)15-12(3)9-10-14/h12-13H,2,5-9H2,1,3-4H3. The molecule has 2 nitrogen and oxygen atoms in total. The van der Waals surface area contributed by atoms with Crippen LogP contribution in [0.5, 0.6) is 0 Å². The first kappa shape index (κ1) is 14.2. The van der Waals surface area contributed by atoms with Crippen LogP contribution in [0.3, 0.4) is 0 Å². The largest absolute Gasteiger partial charge is 0.370 e. The Bertz CT molecular complexity index is 217. The van der Waals surface area contributed by atoms with Gasteiger partial charge in [-0.1, -0.05) is 26.3 Å². The Balaban J connectivity index is 3.74. The van der Waals surface area contributed by atoms with Crippen LogP contribution in [0, 0.1) is 11.3 Å². The van der Waals surface area contributed by atoms with E-state index in [9.17, 15) is 0 Å². The highest BCUT2D eigenvalue weighted by Crippen LogP contribution is 2.15. The van der Waals surface area contributed by atoms with Gasteiger partial charge in [-0.2, -0.15) is 5.26 Å². The smallest absolute Gasteiger partial charge is 0.0758 e. The molecule has 0 aromatic rings. The summed E-state index contributed by atoms with van der Waals surface area (Å²) in [6, 6.07) is 2.11. The van der Waals surface area contributed by atoms with Crippen LogP contribution in [0.2, 0.25) is 0 Å². The van der Waals surface area contributed by atoms with E-state index in [2.05, 4.69) is 19.6 Å². The van der Waals surface area contributed by atoms with Gasteiger partial charge >= 0.3 is 0 Å². The topological polar surface area (TPSA) is 33.0 Å². The fourth-order valence-electron chi connectivity index (χ4n) is 1.43. The van der Waals surface area contributed by atoms with Crippen molar-refractivity contribution in [3.05, 3.63) is 12.2 Å². The van der Waals surface area contributed by atoms with Gasteiger partial charge < -0.3 is 4.74 Å². The number of nitriles is 1. The summed E-state index contributed by atoms with van der Waals surface area (Å²) in [7, 11) is 0. The third kappa shape index (κ3) is 7.16. The molecule has 0 fully saturated rings. The van der Waals surface area contributed by atoms with Crippen molar-refractivity contribution >= 4 is 0 Å².